The maximum absolute atomic E-state index is 9.12. The maximum atomic E-state index is 9.12. The second kappa shape index (κ2) is 1.73. The second-order valence-electron chi connectivity index (χ2n) is 2.16. The van der Waals surface area contributed by atoms with Gasteiger partial charge in [-0.2, -0.15) is 5.26 Å². The molecule has 1 saturated heterocycles. The summed E-state index contributed by atoms with van der Waals surface area (Å²) in [5, 5.41) is 20.1. The van der Waals surface area contributed by atoms with Crippen molar-refractivity contribution >= 4 is 0 Å². The van der Waals surface area contributed by atoms with Crippen LogP contribution in [0.1, 0.15) is 6.42 Å². The molecule has 8 heavy (non-hydrogen) atoms. The molecule has 0 saturated carbocycles. The van der Waals surface area contributed by atoms with Crippen LogP contribution in [0, 0.1) is 11.3 Å². The molecule has 2 N–H and O–H groups in total. The van der Waals surface area contributed by atoms with Crippen molar-refractivity contribution in [2.24, 2.45) is 0 Å². The molecule has 0 spiro atoms. The van der Waals surface area contributed by atoms with E-state index < -0.39 is 5.60 Å². The van der Waals surface area contributed by atoms with Crippen LogP contribution in [0.4, 0.5) is 0 Å². The van der Waals surface area contributed by atoms with Gasteiger partial charge in [0.05, 0.1) is 12.5 Å². The average molecular weight is 112 g/mol. The smallest absolute Gasteiger partial charge is 0.102 e. The largest absolute Gasteiger partial charge is 0.386 e. The van der Waals surface area contributed by atoms with Crippen molar-refractivity contribution in [3.63, 3.8) is 0 Å². The number of nitriles is 1. The minimum Gasteiger partial charge on any atom is -0.386 e. The summed E-state index contributed by atoms with van der Waals surface area (Å²) in [5.41, 5.74) is -0.700. The Labute approximate surface area is 47.9 Å². The average Bonchev–Trinajstić information content (AvgIpc) is 1.64. The van der Waals surface area contributed by atoms with Crippen LogP contribution in [0.15, 0.2) is 0 Å². The first-order valence-corrected chi connectivity index (χ1v) is 2.57. The molecule has 3 nitrogen and oxygen atoms in total. The van der Waals surface area contributed by atoms with Gasteiger partial charge in [0.2, 0.25) is 0 Å². The van der Waals surface area contributed by atoms with Gasteiger partial charge in [-0.1, -0.05) is 0 Å². The van der Waals surface area contributed by atoms with E-state index in [4.69, 9.17) is 10.4 Å². The molecule has 0 aromatic heterocycles. The Hall–Kier alpha value is -0.590. The van der Waals surface area contributed by atoms with E-state index >= 15 is 0 Å². The third kappa shape index (κ3) is 0.808. The number of rotatable bonds is 1. The normalized spacial score (nSPS) is 23.5. The van der Waals surface area contributed by atoms with Crippen LogP contribution >= 0.6 is 0 Å². The SMILES string of the molecule is N#CCC1(O)CNC1. The van der Waals surface area contributed by atoms with E-state index in [0.29, 0.717) is 13.1 Å². The molecule has 0 aromatic rings. The molecular formula is C5H8N2O. The van der Waals surface area contributed by atoms with Gasteiger partial charge in [0, 0.05) is 13.1 Å². The Morgan fingerprint density at radius 1 is 1.75 bits per heavy atom. The van der Waals surface area contributed by atoms with E-state index in [1.807, 2.05) is 6.07 Å². The highest BCUT2D eigenvalue weighted by Crippen LogP contribution is 2.13. The van der Waals surface area contributed by atoms with Gasteiger partial charge in [-0.15, -0.1) is 0 Å². The number of nitrogens with one attached hydrogen (secondary N) is 1. The third-order valence-corrected chi connectivity index (χ3v) is 1.32. The Bertz CT molecular complexity index is 123. The van der Waals surface area contributed by atoms with Crippen LogP contribution in [-0.4, -0.2) is 23.8 Å². The lowest BCUT2D eigenvalue weighted by atomic mass is 9.94. The molecular weight excluding hydrogens is 104 g/mol. The van der Waals surface area contributed by atoms with Crippen molar-refractivity contribution in [3.8, 4) is 6.07 Å². The minimum absolute atomic E-state index is 0.250. The van der Waals surface area contributed by atoms with E-state index in [1.54, 1.807) is 0 Å². The van der Waals surface area contributed by atoms with Gasteiger partial charge < -0.3 is 10.4 Å². The summed E-state index contributed by atoms with van der Waals surface area (Å²) in [6.45, 7) is 1.14. The van der Waals surface area contributed by atoms with E-state index in [2.05, 4.69) is 5.32 Å². The fourth-order valence-electron chi connectivity index (χ4n) is 0.686. The van der Waals surface area contributed by atoms with Gasteiger partial charge in [0.15, 0.2) is 0 Å². The lowest BCUT2D eigenvalue weighted by Crippen LogP contribution is -2.59. The quantitative estimate of drug-likeness (QED) is 0.468. The molecule has 0 radical (unpaired) electrons. The first-order chi connectivity index (χ1) is 3.77. The summed E-state index contributed by atoms with van der Waals surface area (Å²) < 4.78 is 0. The molecule has 0 aliphatic carbocycles. The van der Waals surface area contributed by atoms with Crippen LogP contribution in [0.25, 0.3) is 0 Å². The zero-order valence-corrected chi connectivity index (χ0v) is 4.52. The molecule has 1 heterocycles. The van der Waals surface area contributed by atoms with E-state index in [0.717, 1.165) is 0 Å². The lowest BCUT2D eigenvalue weighted by molar-refractivity contribution is -0.00501. The van der Waals surface area contributed by atoms with Gasteiger partial charge >= 0.3 is 0 Å². The zero-order valence-electron chi connectivity index (χ0n) is 4.52. The monoisotopic (exact) mass is 112 g/mol. The maximum Gasteiger partial charge on any atom is 0.102 e. The first kappa shape index (κ1) is 5.54. The Kier molecular flexibility index (Phi) is 1.20. The molecule has 1 aliphatic heterocycles. The molecule has 1 fully saturated rings. The predicted octanol–water partition coefficient (Wildman–Crippen LogP) is -0.766. The minimum atomic E-state index is -0.700. The summed E-state index contributed by atoms with van der Waals surface area (Å²) in [6, 6.07) is 1.92. The topological polar surface area (TPSA) is 56.0 Å². The van der Waals surface area contributed by atoms with Gasteiger partial charge in [-0.25, -0.2) is 0 Å². The number of aliphatic hydroxyl groups is 1. The van der Waals surface area contributed by atoms with Crippen LogP contribution in [-0.2, 0) is 0 Å². The Morgan fingerprint density at radius 2 is 2.38 bits per heavy atom. The Balaban J connectivity index is 2.33. The van der Waals surface area contributed by atoms with Gasteiger partial charge in [0.25, 0.3) is 0 Å². The van der Waals surface area contributed by atoms with Crippen LogP contribution in [0.5, 0.6) is 0 Å². The summed E-state index contributed by atoms with van der Waals surface area (Å²) in [4.78, 5) is 0. The third-order valence-electron chi connectivity index (χ3n) is 1.32. The zero-order chi connectivity index (χ0) is 6.04. The van der Waals surface area contributed by atoms with E-state index in [1.165, 1.54) is 0 Å². The van der Waals surface area contributed by atoms with Gasteiger partial charge in [-0.05, 0) is 0 Å². The molecule has 0 atom stereocenters. The lowest BCUT2D eigenvalue weighted by Gasteiger charge is -2.35. The molecule has 44 valence electrons. The highest BCUT2D eigenvalue weighted by atomic mass is 16.3. The van der Waals surface area contributed by atoms with Crippen molar-refractivity contribution in [2.75, 3.05) is 13.1 Å². The number of hydrogen-bond acceptors (Lipinski definition) is 3. The molecule has 3 heteroatoms. The van der Waals surface area contributed by atoms with E-state index in [9.17, 15) is 0 Å². The highest BCUT2D eigenvalue weighted by molar-refractivity contribution is 4.98. The van der Waals surface area contributed by atoms with Crippen molar-refractivity contribution < 1.29 is 5.11 Å². The predicted molar refractivity (Wildman–Crippen MR) is 28.0 cm³/mol. The summed E-state index contributed by atoms with van der Waals surface area (Å²) in [6.07, 6.45) is 0.250. The summed E-state index contributed by atoms with van der Waals surface area (Å²) >= 11 is 0. The fourth-order valence-corrected chi connectivity index (χ4v) is 0.686. The summed E-state index contributed by atoms with van der Waals surface area (Å²) in [7, 11) is 0. The van der Waals surface area contributed by atoms with Gasteiger partial charge in [-0.3, -0.25) is 0 Å². The molecule has 1 rings (SSSR count). The standard InChI is InChI=1S/C5H8N2O/c6-2-1-5(8)3-7-4-5/h7-8H,1,3-4H2. The van der Waals surface area contributed by atoms with Crippen LogP contribution < -0.4 is 5.32 Å². The van der Waals surface area contributed by atoms with Crippen molar-refractivity contribution in [3.05, 3.63) is 0 Å². The van der Waals surface area contributed by atoms with Crippen molar-refractivity contribution in [1.82, 2.24) is 5.32 Å². The van der Waals surface area contributed by atoms with Gasteiger partial charge in [0.1, 0.15) is 5.60 Å². The Morgan fingerprint density at radius 3 is 2.50 bits per heavy atom. The van der Waals surface area contributed by atoms with E-state index in [-0.39, 0.29) is 6.42 Å². The molecule has 0 unspecified atom stereocenters. The van der Waals surface area contributed by atoms with Crippen LogP contribution in [0.2, 0.25) is 0 Å². The molecule has 0 bridgehead atoms. The van der Waals surface area contributed by atoms with Crippen molar-refractivity contribution in [1.29, 1.82) is 5.26 Å². The highest BCUT2D eigenvalue weighted by Gasteiger charge is 2.33. The van der Waals surface area contributed by atoms with Crippen LogP contribution in [0.3, 0.4) is 0 Å². The molecule has 1 aliphatic rings. The molecule has 0 aromatic carbocycles. The molecule has 0 amide bonds. The van der Waals surface area contributed by atoms with Crippen molar-refractivity contribution in [2.45, 2.75) is 12.0 Å². The summed E-state index contributed by atoms with van der Waals surface area (Å²) in [5.74, 6) is 0. The number of β-amino-alcohol motifs (C(OH)–C–C–N with tert-alkyl or cyclic N) is 1. The fraction of sp³-hybridized carbons (Fsp3) is 0.800. The number of hydrogen-bond donors (Lipinski definition) is 2. The number of nitrogens with zero attached hydrogens (tertiary/aromatic N) is 1. The first-order valence-electron chi connectivity index (χ1n) is 2.57. The second-order valence-corrected chi connectivity index (χ2v) is 2.16.